The van der Waals surface area contributed by atoms with Crippen molar-refractivity contribution in [1.29, 1.82) is 0 Å². The Hall–Kier alpha value is -0.290. The minimum atomic E-state index is -4.27. The van der Waals surface area contributed by atoms with E-state index in [-0.39, 0.29) is 13.0 Å². The van der Waals surface area contributed by atoms with Gasteiger partial charge in [0.2, 0.25) is 0 Å². The third-order valence-electron chi connectivity index (χ3n) is 1.87. The normalized spacial score (nSPS) is 33.8. The van der Waals surface area contributed by atoms with Gasteiger partial charge in [0.05, 0.1) is 12.0 Å². The highest BCUT2D eigenvalue weighted by atomic mass is 19.4. The van der Waals surface area contributed by atoms with Crippen LogP contribution in [-0.4, -0.2) is 30.5 Å². The number of halogens is 3. The third kappa shape index (κ3) is 2.07. The van der Waals surface area contributed by atoms with E-state index >= 15 is 0 Å². The van der Waals surface area contributed by atoms with Crippen molar-refractivity contribution in [2.75, 3.05) is 13.1 Å². The van der Waals surface area contributed by atoms with Gasteiger partial charge in [-0.15, -0.1) is 0 Å². The fourth-order valence-electron chi connectivity index (χ4n) is 1.18. The SMILES string of the molecule is OC1CCNCC1C(F)(F)F. The molecule has 66 valence electrons. The van der Waals surface area contributed by atoms with Crippen LogP contribution in [0.2, 0.25) is 0 Å². The molecule has 1 aliphatic heterocycles. The molecule has 1 aliphatic rings. The van der Waals surface area contributed by atoms with Gasteiger partial charge in [0.15, 0.2) is 0 Å². The number of hydrogen-bond donors (Lipinski definition) is 2. The number of hydrogen-bond acceptors (Lipinski definition) is 2. The Morgan fingerprint density at radius 1 is 1.36 bits per heavy atom. The average Bonchev–Trinajstić information content (AvgIpc) is 1.86. The van der Waals surface area contributed by atoms with Crippen LogP contribution >= 0.6 is 0 Å². The van der Waals surface area contributed by atoms with Crippen molar-refractivity contribution in [3.8, 4) is 0 Å². The molecule has 2 nitrogen and oxygen atoms in total. The summed E-state index contributed by atoms with van der Waals surface area (Å²) < 4.78 is 36.0. The van der Waals surface area contributed by atoms with Crippen LogP contribution in [0.4, 0.5) is 13.2 Å². The van der Waals surface area contributed by atoms with Gasteiger partial charge in [-0.3, -0.25) is 0 Å². The van der Waals surface area contributed by atoms with Crippen LogP contribution in [0.25, 0.3) is 0 Å². The van der Waals surface area contributed by atoms with E-state index in [9.17, 15) is 13.2 Å². The smallest absolute Gasteiger partial charge is 0.392 e. The number of nitrogens with one attached hydrogen (secondary N) is 1. The summed E-state index contributed by atoms with van der Waals surface area (Å²) >= 11 is 0. The zero-order chi connectivity index (χ0) is 8.48. The topological polar surface area (TPSA) is 32.3 Å². The summed E-state index contributed by atoms with van der Waals surface area (Å²) in [7, 11) is 0. The first-order valence-electron chi connectivity index (χ1n) is 3.47. The minimum Gasteiger partial charge on any atom is -0.392 e. The van der Waals surface area contributed by atoms with E-state index in [4.69, 9.17) is 5.11 Å². The lowest BCUT2D eigenvalue weighted by molar-refractivity contribution is -0.203. The zero-order valence-electron chi connectivity index (χ0n) is 5.86. The van der Waals surface area contributed by atoms with Gasteiger partial charge in [-0.2, -0.15) is 13.2 Å². The first kappa shape index (κ1) is 8.80. The Bertz CT molecular complexity index is 136. The summed E-state index contributed by atoms with van der Waals surface area (Å²) in [6.45, 7) is 0.304. The largest absolute Gasteiger partial charge is 0.395 e. The standard InChI is InChI=1S/C6H10F3NO/c7-6(8,9)4-3-10-2-1-5(4)11/h4-5,10-11H,1-3H2. The fraction of sp³-hybridized carbons (Fsp3) is 1.00. The molecular formula is C6H10F3NO. The maximum absolute atomic E-state index is 12.0. The number of piperidine rings is 1. The molecule has 0 amide bonds. The van der Waals surface area contributed by atoms with Crippen molar-refractivity contribution < 1.29 is 18.3 Å². The number of aliphatic hydroxyl groups is 1. The summed E-state index contributed by atoms with van der Waals surface area (Å²) in [4.78, 5) is 0. The summed E-state index contributed by atoms with van der Waals surface area (Å²) in [6, 6.07) is 0. The monoisotopic (exact) mass is 169 g/mol. The second-order valence-corrected chi connectivity index (χ2v) is 2.71. The van der Waals surface area contributed by atoms with Crippen molar-refractivity contribution in [2.45, 2.75) is 18.7 Å². The van der Waals surface area contributed by atoms with Gasteiger partial charge in [0, 0.05) is 6.54 Å². The van der Waals surface area contributed by atoms with Crippen molar-refractivity contribution in [3.05, 3.63) is 0 Å². The first-order valence-corrected chi connectivity index (χ1v) is 3.47. The minimum absolute atomic E-state index is 0.162. The fourth-order valence-corrected chi connectivity index (χ4v) is 1.18. The maximum atomic E-state index is 12.0. The van der Waals surface area contributed by atoms with Crippen molar-refractivity contribution in [1.82, 2.24) is 5.32 Å². The first-order chi connectivity index (χ1) is 5.02. The Kier molecular flexibility index (Phi) is 2.39. The lowest BCUT2D eigenvalue weighted by Crippen LogP contribution is -2.47. The number of alkyl halides is 3. The third-order valence-corrected chi connectivity index (χ3v) is 1.87. The van der Waals surface area contributed by atoms with Crippen LogP contribution in [0.1, 0.15) is 6.42 Å². The molecule has 1 heterocycles. The molecule has 0 aromatic rings. The van der Waals surface area contributed by atoms with E-state index in [0.29, 0.717) is 6.54 Å². The van der Waals surface area contributed by atoms with Crippen LogP contribution in [0.15, 0.2) is 0 Å². The van der Waals surface area contributed by atoms with E-state index in [1.807, 2.05) is 0 Å². The Labute approximate surface area is 62.4 Å². The Morgan fingerprint density at radius 3 is 2.36 bits per heavy atom. The van der Waals surface area contributed by atoms with E-state index < -0.39 is 18.2 Å². The van der Waals surface area contributed by atoms with Gasteiger partial charge in [-0.05, 0) is 13.0 Å². The van der Waals surface area contributed by atoms with E-state index in [0.717, 1.165) is 0 Å². The molecule has 1 rings (SSSR count). The molecule has 0 saturated carbocycles. The van der Waals surface area contributed by atoms with Gasteiger partial charge in [-0.25, -0.2) is 0 Å². The zero-order valence-corrected chi connectivity index (χ0v) is 5.86. The second kappa shape index (κ2) is 2.98. The van der Waals surface area contributed by atoms with Gasteiger partial charge in [0.1, 0.15) is 0 Å². The maximum Gasteiger partial charge on any atom is 0.395 e. The predicted octanol–water partition coefficient (Wildman–Crippen LogP) is 0.519. The van der Waals surface area contributed by atoms with E-state index in [1.54, 1.807) is 0 Å². The molecular weight excluding hydrogens is 159 g/mol. The van der Waals surface area contributed by atoms with Gasteiger partial charge in [-0.1, -0.05) is 0 Å². The molecule has 0 spiro atoms. The van der Waals surface area contributed by atoms with Crippen LogP contribution in [0.3, 0.4) is 0 Å². The van der Waals surface area contributed by atoms with Crippen LogP contribution < -0.4 is 5.32 Å². The lowest BCUT2D eigenvalue weighted by atomic mass is 9.96. The van der Waals surface area contributed by atoms with Crippen molar-refractivity contribution in [3.63, 3.8) is 0 Å². The second-order valence-electron chi connectivity index (χ2n) is 2.71. The molecule has 1 saturated heterocycles. The van der Waals surface area contributed by atoms with Gasteiger partial charge in [0.25, 0.3) is 0 Å². The van der Waals surface area contributed by atoms with Crippen LogP contribution in [0, 0.1) is 5.92 Å². The lowest BCUT2D eigenvalue weighted by Gasteiger charge is -2.29. The van der Waals surface area contributed by atoms with E-state index in [2.05, 4.69) is 5.32 Å². The molecule has 11 heavy (non-hydrogen) atoms. The summed E-state index contributed by atoms with van der Waals surface area (Å²) in [5, 5.41) is 11.5. The van der Waals surface area contributed by atoms with Crippen molar-refractivity contribution in [2.24, 2.45) is 5.92 Å². The molecule has 0 aromatic carbocycles. The van der Waals surface area contributed by atoms with Gasteiger partial charge < -0.3 is 10.4 Å². The Balaban J connectivity index is 2.55. The Morgan fingerprint density at radius 2 is 2.00 bits per heavy atom. The van der Waals surface area contributed by atoms with E-state index in [1.165, 1.54) is 0 Å². The molecule has 2 N–H and O–H groups in total. The quantitative estimate of drug-likeness (QED) is 0.554. The average molecular weight is 169 g/mol. The van der Waals surface area contributed by atoms with Crippen LogP contribution in [-0.2, 0) is 0 Å². The molecule has 0 radical (unpaired) electrons. The molecule has 5 heteroatoms. The molecule has 0 aliphatic carbocycles. The highest BCUT2D eigenvalue weighted by Crippen LogP contribution is 2.30. The molecule has 0 aromatic heterocycles. The number of aliphatic hydroxyl groups excluding tert-OH is 1. The molecule has 0 bridgehead atoms. The number of rotatable bonds is 0. The predicted molar refractivity (Wildman–Crippen MR) is 33.0 cm³/mol. The molecule has 2 unspecified atom stereocenters. The highest BCUT2D eigenvalue weighted by molar-refractivity contribution is 4.82. The van der Waals surface area contributed by atoms with Crippen LogP contribution in [0.5, 0.6) is 0 Å². The highest BCUT2D eigenvalue weighted by Gasteiger charge is 2.44. The van der Waals surface area contributed by atoms with Crippen molar-refractivity contribution >= 4 is 0 Å². The molecule has 1 fully saturated rings. The van der Waals surface area contributed by atoms with Gasteiger partial charge >= 0.3 is 6.18 Å². The summed E-state index contributed by atoms with van der Waals surface area (Å²) in [6.07, 6.45) is -5.31. The summed E-state index contributed by atoms with van der Waals surface area (Å²) in [5.74, 6) is -1.59. The summed E-state index contributed by atoms with van der Waals surface area (Å²) in [5.41, 5.74) is 0. The molecule has 2 atom stereocenters.